The number of hydrogen-bond acceptors (Lipinski definition) is 4. The number of pyridine rings is 2. The molecule has 0 unspecified atom stereocenters. The Morgan fingerprint density at radius 3 is 2.89 bits per heavy atom. The van der Waals surface area contributed by atoms with Crippen LogP contribution in [0.4, 0.5) is 16.3 Å². The van der Waals surface area contributed by atoms with Crippen molar-refractivity contribution in [3.63, 3.8) is 0 Å². The van der Waals surface area contributed by atoms with E-state index in [9.17, 15) is 4.79 Å². The summed E-state index contributed by atoms with van der Waals surface area (Å²) in [5, 5.41) is 5.23. The van der Waals surface area contributed by atoms with E-state index >= 15 is 0 Å². The maximum absolute atomic E-state index is 11.7. The highest BCUT2D eigenvalue weighted by Crippen LogP contribution is 2.13. The van der Waals surface area contributed by atoms with Crippen LogP contribution in [0.25, 0.3) is 0 Å². The molecule has 2 heterocycles. The summed E-state index contributed by atoms with van der Waals surface area (Å²) in [6.45, 7) is 0. The Bertz CT molecular complexity index is 531. The first-order valence-corrected chi connectivity index (χ1v) is 5.26. The summed E-state index contributed by atoms with van der Waals surface area (Å²) in [6.07, 6.45) is 4.74. The van der Waals surface area contributed by atoms with Gasteiger partial charge in [0.05, 0.1) is 19.0 Å². The molecule has 0 saturated heterocycles. The number of anilines is 2. The molecule has 2 aromatic rings. The molecule has 2 amide bonds. The van der Waals surface area contributed by atoms with E-state index in [2.05, 4.69) is 20.6 Å². The second kappa shape index (κ2) is 5.62. The van der Waals surface area contributed by atoms with Crippen LogP contribution in [0.1, 0.15) is 0 Å². The second-order valence-corrected chi connectivity index (χ2v) is 3.40. The van der Waals surface area contributed by atoms with E-state index in [0.717, 1.165) is 0 Å². The molecule has 0 spiro atoms. The van der Waals surface area contributed by atoms with E-state index < -0.39 is 0 Å². The van der Waals surface area contributed by atoms with Gasteiger partial charge in [-0.3, -0.25) is 10.3 Å². The fourth-order valence-electron chi connectivity index (χ4n) is 1.32. The van der Waals surface area contributed by atoms with Gasteiger partial charge in [0.1, 0.15) is 11.6 Å². The SMILES string of the molecule is COc1ccnc(NC(=O)Nc2cccnc2)c1. The third-order valence-electron chi connectivity index (χ3n) is 2.13. The number of amides is 2. The molecule has 0 bridgehead atoms. The Hall–Kier alpha value is -2.63. The molecular formula is C12H12N4O2. The van der Waals surface area contributed by atoms with Gasteiger partial charge >= 0.3 is 6.03 Å². The Labute approximate surface area is 104 Å². The van der Waals surface area contributed by atoms with Crippen LogP contribution in [0.15, 0.2) is 42.9 Å². The maximum Gasteiger partial charge on any atom is 0.324 e. The van der Waals surface area contributed by atoms with Gasteiger partial charge in [0.25, 0.3) is 0 Å². The zero-order chi connectivity index (χ0) is 12.8. The molecule has 0 atom stereocenters. The number of urea groups is 1. The molecule has 0 fully saturated rings. The summed E-state index contributed by atoms with van der Waals surface area (Å²) >= 11 is 0. The van der Waals surface area contributed by atoms with Crippen molar-refractivity contribution < 1.29 is 9.53 Å². The Kier molecular flexibility index (Phi) is 3.70. The summed E-state index contributed by atoms with van der Waals surface area (Å²) in [6, 6.07) is 6.42. The average Bonchev–Trinajstić information content (AvgIpc) is 2.40. The summed E-state index contributed by atoms with van der Waals surface area (Å²) < 4.78 is 5.03. The van der Waals surface area contributed by atoms with Gasteiger partial charge in [0.15, 0.2) is 0 Å². The molecule has 6 nitrogen and oxygen atoms in total. The average molecular weight is 244 g/mol. The van der Waals surface area contributed by atoms with Gasteiger partial charge in [-0.2, -0.15) is 0 Å². The number of hydrogen-bond donors (Lipinski definition) is 2. The van der Waals surface area contributed by atoms with Crippen LogP contribution in [0.3, 0.4) is 0 Å². The number of carbonyl (C=O) groups excluding carboxylic acids is 1. The van der Waals surface area contributed by atoms with E-state index in [1.54, 1.807) is 50.0 Å². The van der Waals surface area contributed by atoms with Gasteiger partial charge in [0.2, 0.25) is 0 Å². The van der Waals surface area contributed by atoms with Crippen LogP contribution >= 0.6 is 0 Å². The van der Waals surface area contributed by atoms with Crippen LogP contribution in [0.5, 0.6) is 5.75 Å². The first kappa shape index (κ1) is 11.8. The molecule has 0 aromatic carbocycles. The normalized spacial score (nSPS) is 9.61. The van der Waals surface area contributed by atoms with E-state index in [-0.39, 0.29) is 6.03 Å². The minimum atomic E-state index is -0.385. The molecule has 0 aliphatic heterocycles. The van der Waals surface area contributed by atoms with Crippen molar-refractivity contribution >= 4 is 17.5 Å². The largest absolute Gasteiger partial charge is 0.497 e. The van der Waals surface area contributed by atoms with Gasteiger partial charge in [0, 0.05) is 18.5 Å². The third kappa shape index (κ3) is 3.18. The number of nitrogens with zero attached hydrogens (tertiary/aromatic N) is 2. The van der Waals surface area contributed by atoms with Crippen LogP contribution in [-0.4, -0.2) is 23.1 Å². The summed E-state index contributed by atoms with van der Waals surface area (Å²) in [5.41, 5.74) is 0.609. The second-order valence-electron chi connectivity index (χ2n) is 3.40. The molecule has 0 saturated carbocycles. The van der Waals surface area contributed by atoms with Gasteiger partial charge in [-0.1, -0.05) is 0 Å². The van der Waals surface area contributed by atoms with Crippen molar-refractivity contribution in [3.05, 3.63) is 42.9 Å². The molecule has 18 heavy (non-hydrogen) atoms. The molecule has 2 aromatic heterocycles. The number of carbonyl (C=O) groups is 1. The Morgan fingerprint density at radius 2 is 2.17 bits per heavy atom. The van der Waals surface area contributed by atoms with E-state index in [1.807, 2.05) is 0 Å². The highest BCUT2D eigenvalue weighted by Gasteiger charge is 2.04. The standard InChI is InChI=1S/C12H12N4O2/c1-18-10-4-6-14-11(7-10)16-12(17)15-9-3-2-5-13-8-9/h2-8H,1H3,(H2,14,15,16,17). The predicted octanol–water partition coefficient (Wildman–Crippen LogP) is 2.13. The lowest BCUT2D eigenvalue weighted by molar-refractivity contribution is 0.262. The molecule has 2 N–H and O–H groups in total. The zero-order valence-corrected chi connectivity index (χ0v) is 9.75. The van der Waals surface area contributed by atoms with E-state index in [0.29, 0.717) is 17.3 Å². The smallest absolute Gasteiger partial charge is 0.324 e. The van der Waals surface area contributed by atoms with Crippen LogP contribution in [-0.2, 0) is 0 Å². The van der Waals surface area contributed by atoms with Crippen molar-refractivity contribution in [2.45, 2.75) is 0 Å². The Balaban J connectivity index is 1.99. The quantitative estimate of drug-likeness (QED) is 0.867. The number of methoxy groups -OCH3 is 1. The number of nitrogens with one attached hydrogen (secondary N) is 2. The molecule has 6 heteroatoms. The zero-order valence-electron chi connectivity index (χ0n) is 9.75. The van der Waals surface area contributed by atoms with E-state index in [4.69, 9.17) is 4.74 Å². The molecule has 2 rings (SSSR count). The molecule has 92 valence electrons. The van der Waals surface area contributed by atoms with Gasteiger partial charge in [-0.15, -0.1) is 0 Å². The molecular weight excluding hydrogens is 232 g/mol. The van der Waals surface area contributed by atoms with Gasteiger partial charge in [-0.05, 0) is 18.2 Å². The fourth-order valence-corrected chi connectivity index (χ4v) is 1.32. The molecule has 0 radical (unpaired) electrons. The van der Waals surface area contributed by atoms with Gasteiger partial charge in [-0.25, -0.2) is 9.78 Å². The van der Waals surface area contributed by atoms with E-state index in [1.165, 1.54) is 0 Å². The van der Waals surface area contributed by atoms with Crippen LogP contribution in [0.2, 0.25) is 0 Å². The van der Waals surface area contributed by atoms with Crippen molar-refractivity contribution in [2.75, 3.05) is 17.7 Å². The number of aromatic nitrogens is 2. The topological polar surface area (TPSA) is 76.1 Å². The fraction of sp³-hybridized carbons (Fsp3) is 0.0833. The Morgan fingerprint density at radius 1 is 1.28 bits per heavy atom. The molecule has 0 aliphatic rings. The lowest BCUT2D eigenvalue weighted by atomic mass is 10.4. The van der Waals surface area contributed by atoms with Crippen molar-refractivity contribution in [1.82, 2.24) is 9.97 Å². The highest BCUT2D eigenvalue weighted by molar-refractivity contribution is 5.99. The van der Waals surface area contributed by atoms with Crippen LogP contribution in [0, 0.1) is 0 Å². The summed E-state index contributed by atoms with van der Waals surface area (Å²) in [7, 11) is 1.55. The van der Waals surface area contributed by atoms with Crippen molar-refractivity contribution in [3.8, 4) is 5.75 Å². The number of rotatable bonds is 3. The highest BCUT2D eigenvalue weighted by atomic mass is 16.5. The first-order valence-electron chi connectivity index (χ1n) is 5.26. The maximum atomic E-state index is 11.7. The van der Waals surface area contributed by atoms with Gasteiger partial charge < -0.3 is 10.1 Å². The minimum Gasteiger partial charge on any atom is -0.497 e. The minimum absolute atomic E-state index is 0.385. The third-order valence-corrected chi connectivity index (χ3v) is 2.13. The monoisotopic (exact) mass is 244 g/mol. The summed E-state index contributed by atoms with van der Waals surface area (Å²) in [4.78, 5) is 19.5. The van der Waals surface area contributed by atoms with Crippen molar-refractivity contribution in [2.24, 2.45) is 0 Å². The number of ether oxygens (including phenoxy) is 1. The van der Waals surface area contributed by atoms with Crippen LogP contribution < -0.4 is 15.4 Å². The lowest BCUT2D eigenvalue weighted by Gasteiger charge is -2.07. The lowest BCUT2D eigenvalue weighted by Crippen LogP contribution is -2.20. The molecule has 0 aliphatic carbocycles. The van der Waals surface area contributed by atoms with Crippen molar-refractivity contribution in [1.29, 1.82) is 0 Å². The predicted molar refractivity (Wildman–Crippen MR) is 67.7 cm³/mol. The summed E-state index contributed by atoms with van der Waals surface area (Å²) in [5.74, 6) is 1.04. The first-order chi connectivity index (χ1) is 8.78.